The fourth-order valence-electron chi connectivity index (χ4n) is 1.71. The summed E-state index contributed by atoms with van der Waals surface area (Å²) in [5.41, 5.74) is -1.04. The van der Waals surface area contributed by atoms with Crippen LogP contribution >= 0.6 is 22.9 Å². The van der Waals surface area contributed by atoms with E-state index in [1.165, 1.54) is 11.3 Å². The third kappa shape index (κ3) is 4.42. The summed E-state index contributed by atoms with van der Waals surface area (Å²) in [7, 11) is 0. The Morgan fingerprint density at radius 3 is 2.64 bits per heavy atom. The second-order valence-corrected chi connectivity index (χ2v) is 6.77. The Hall–Kier alpha value is -1.66. The van der Waals surface area contributed by atoms with Crippen molar-refractivity contribution in [3.63, 3.8) is 0 Å². The SMILES string of the molecule is CCCc1nnc(NC(=O)C(C)(C)Oc2ccc(Cl)cc2)s1. The van der Waals surface area contributed by atoms with E-state index in [-0.39, 0.29) is 5.91 Å². The number of halogens is 1. The molecule has 1 N–H and O–H groups in total. The Balaban J connectivity index is 2.01. The molecule has 0 aliphatic carbocycles. The largest absolute Gasteiger partial charge is 0.478 e. The summed E-state index contributed by atoms with van der Waals surface area (Å²) in [6.07, 6.45) is 1.85. The van der Waals surface area contributed by atoms with Crippen molar-refractivity contribution in [3.05, 3.63) is 34.3 Å². The predicted molar refractivity (Wildman–Crippen MR) is 88.7 cm³/mol. The summed E-state index contributed by atoms with van der Waals surface area (Å²) >= 11 is 7.22. The number of nitrogens with zero attached hydrogens (tertiary/aromatic N) is 2. The van der Waals surface area contributed by atoms with E-state index in [9.17, 15) is 4.79 Å². The Labute approximate surface area is 138 Å². The van der Waals surface area contributed by atoms with Crippen LogP contribution in [0.2, 0.25) is 5.02 Å². The number of nitrogens with one attached hydrogen (secondary N) is 1. The summed E-state index contributed by atoms with van der Waals surface area (Å²) in [6, 6.07) is 6.88. The molecule has 0 fully saturated rings. The van der Waals surface area contributed by atoms with Gasteiger partial charge in [-0.25, -0.2) is 0 Å². The highest BCUT2D eigenvalue weighted by atomic mass is 35.5. The Morgan fingerprint density at radius 2 is 2.00 bits per heavy atom. The fraction of sp³-hybridized carbons (Fsp3) is 0.400. The molecule has 0 saturated carbocycles. The average Bonchev–Trinajstić information content (AvgIpc) is 2.89. The lowest BCUT2D eigenvalue weighted by Gasteiger charge is -2.24. The third-order valence-electron chi connectivity index (χ3n) is 2.88. The lowest BCUT2D eigenvalue weighted by Crippen LogP contribution is -2.42. The highest BCUT2D eigenvalue weighted by Gasteiger charge is 2.30. The van der Waals surface area contributed by atoms with E-state index in [0.29, 0.717) is 15.9 Å². The van der Waals surface area contributed by atoms with Gasteiger partial charge in [0.05, 0.1) is 0 Å². The molecule has 2 aromatic rings. The maximum Gasteiger partial charge on any atom is 0.269 e. The molecule has 1 heterocycles. The number of aryl methyl sites for hydroxylation is 1. The number of anilines is 1. The van der Waals surface area contributed by atoms with Gasteiger partial charge in [-0.3, -0.25) is 10.1 Å². The van der Waals surface area contributed by atoms with Crippen LogP contribution in [0.3, 0.4) is 0 Å². The van der Waals surface area contributed by atoms with Crippen LogP contribution in [0.1, 0.15) is 32.2 Å². The van der Waals surface area contributed by atoms with E-state index >= 15 is 0 Å². The second-order valence-electron chi connectivity index (χ2n) is 5.27. The zero-order chi connectivity index (χ0) is 16.2. The zero-order valence-corrected chi connectivity index (χ0v) is 14.3. The second kappa shape index (κ2) is 7.07. The van der Waals surface area contributed by atoms with Crippen LogP contribution in [0.15, 0.2) is 24.3 Å². The molecular weight excluding hydrogens is 322 g/mol. The maximum atomic E-state index is 12.3. The van der Waals surface area contributed by atoms with Gasteiger partial charge in [0.15, 0.2) is 5.60 Å². The number of benzene rings is 1. The van der Waals surface area contributed by atoms with E-state index in [4.69, 9.17) is 16.3 Å². The van der Waals surface area contributed by atoms with Gasteiger partial charge >= 0.3 is 0 Å². The highest BCUT2D eigenvalue weighted by Crippen LogP contribution is 2.23. The molecule has 1 aromatic heterocycles. The normalized spacial score (nSPS) is 11.3. The molecule has 7 heteroatoms. The minimum Gasteiger partial charge on any atom is -0.478 e. The zero-order valence-electron chi connectivity index (χ0n) is 12.7. The minimum atomic E-state index is -1.04. The molecule has 118 valence electrons. The van der Waals surface area contributed by atoms with E-state index in [1.54, 1.807) is 38.1 Å². The van der Waals surface area contributed by atoms with Crippen molar-refractivity contribution in [3.8, 4) is 5.75 Å². The van der Waals surface area contributed by atoms with Crippen LogP contribution in [0, 0.1) is 0 Å². The standard InChI is InChI=1S/C15H18ClN3O2S/c1-4-5-12-18-19-14(22-12)17-13(20)15(2,3)21-11-8-6-10(16)7-9-11/h6-9H,4-5H2,1-3H3,(H,17,19,20). The number of amides is 1. The summed E-state index contributed by atoms with van der Waals surface area (Å²) in [6.45, 7) is 5.47. The van der Waals surface area contributed by atoms with Gasteiger partial charge in [-0.05, 0) is 44.5 Å². The molecule has 0 spiro atoms. The van der Waals surface area contributed by atoms with Crippen molar-refractivity contribution < 1.29 is 9.53 Å². The minimum absolute atomic E-state index is 0.276. The van der Waals surface area contributed by atoms with Crippen molar-refractivity contribution in [1.82, 2.24) is 10.2 Å². The van der Waals surface area contributed by atoms with Gasteiger partial charge in [0.1, 0.15) is 10.8 Å². The van der Waals surface area contributed by atoms with Crippen molar-refractivity contribution in [2.24, 2.45) is 0 Å². The van der Waals surface area contributed by atoms with Crippen LogP contribution in [-0.4, -0.2) is 21.7 Å². The van der Waals surface area contributed by atoms with Crippen LogP contribution in [0.4, 0.5) is 5.13 Å². The Bertz CT molecular complexity index is 640. The smallest absolute Gasteiger partial charge is 0.269 e. The van der Waals surface area contributed by atoms with Gasteiger partial charge in [0.2, 0.25) is 5.13 Å². The molecule has 1 aromatic carbocycles. The topological polar surface area (TPSA) is 64.1 Å². The van der Waals surface area contributed by atoms with Crippen LogP contribution in [-0.2, 0) is 11.2 Å². The summed E-state index contributed by atoms with van der Waals surface area (Å²) in [4.78, 5) is 12.3. The number of hydrogen-bond donors (Lipinski definition) is 1. The molecule has 0 bridgehead atoms. The third-order valence-corrected chi connectivity index (χ3v) is 4.04. The van der Waals surface area contributed by atoms with Gasteiger partial charge in [-0.2, -0.15) is 0 Å². The first-order chi connectivity index (χ1) is 10.4. The van der Waals surface area contributed by atoms with E-state index in [1.807, 2.05) is 0 Å². The molecule has 0 unspecified atom stereocenters. The van der Waals surface area contributed by atoms with Gasteiger partial charge < -0.3 is 4.74 Å². The van der Waals surface area contributed by atoms with E-state index in [0.717, 1.165) is 17.8 Å². The summed E-state index contributed by atoms with van der Waals surface area (Å²) < 4.78 is 5.73. The van der Waals surface area contributed by atoms with Gasteiger partial charge in [0.25, 0.3) is 5.91 Å². The monoisotopic (exact) mass is 339 g/mol. The lowest BCUT2D eigenvalue weighted by molar-refractivity contribution is -0.128. The number of hydrogen-bond acceptors (Lipinski definition) is 5. The quantitative estimate of drug-likeness (QED) is 0.865. The summed E-state index contributed by atoms with van der Waals surface area (Å²) in [5.74, 6) is 0.301. The molecule has 5 nitrogen and oxygen atoms in total. The van der Waals surface area contributed by atoms with E-state index in [2.05, 4.69) is 22.4 Å². The van der Waals surface area contributed by atoms with Crippen molar-refractivity contribution in [1.29, 1.82) is 0 Å². The molecule has 0 atom stereocenters. The van der Waals surface area contributed by atoms with Gasteiger partial charge in [-0.1, -0.05) is 29.9 Å². The van der Waals surface area contributed by atoms with Crippen LogP contribution < -0.4 is 10.1 Å². The molecule has 22 heavy (non-hydrogen) atoms. The maximum absolute atomic E-state index is 12.3. The van der Waals surface area contributed by atoms with E-state index < -0.39 is 5.60 Å². The Morgan fingerprint density at radius 1 is 1.32 bits per heavy atom. The van der Waals surface area contributed by atoms with Crippen LogP contribution in [0.25, 0.3) is 0 Å². The predicted octanol–water partition coefficient (Wildman–Crippen LogP) is 3.94. The molecule has 1 amide bonds. The summed E-state index contributed by atoms with van der Waals surface area (Å²) in [5, 5.41) is 12.8. The number of carbonyl (C=O) groups is 1. The van der Waals surface area contributed by atoms with Crippen molar-refractivity contribution >= 4 is 34.0 Å². The molecule has 0 aliphatic heterocycles. The first-order valence-electron chi connectivity index (χ1n) is 6.99. The molecule has 0 aliphatic rings. The first-order valence-corrected chi connectivity index (χ1v) is 8.18. The highest BCUT2D eigenvalue weighted by molar-refractivity contribution is 7.15. The Kier molecular flexibility index (Phi) is 5.37. The lowest BCUT2D eigenvalue weighted by atomic mass is 10.1. The number of aromatic nitrogens is 2. The first kappa shape index (κ1) is 16.7. The molecule has 2 rings (SSSR count). The fourth-order valence-corrected chi connectivity index (χ4v) is 2.67. The molecular formula is C15H18ClN3O2S. The van der Waals surface area contributed by atoms with Gasteiger partial charge in [-0.15, -0.1) is 10.2 Å². The van der Waals surface area contributed by atoms with Crippen molar-refractivity contribution in [2.45, 2.75) is 39.2 Å². The number of ether oxygens (including phenoxy) is 1. The molecule has 0 radical (unpaired) electrons. The van der Waals surface area contributed by atoms with Gasteiger partial charge in [0, 0.05) is 11.4 Å². The van der Waals surface area contributed by atoms with Crippen molar-refractivity contribution in [2.75, 3.05) is 5.32 Å². The molecule has 0 saturated heterocycles. The average molecular weight is 340 g/mol. The number of rotatable bonds is 6. The number of carbonyl (C=O) groups excluding carboxylic acids is 1. The van der Waals surface area contributed by atoms with Crippen LogP contribution in [0.5, 0.6) is 5.75 Å².